The molecule has 6 rings (SSSR count). The zero-order valence-electron chi connectivity index (χ0n) is 29.7. The van der Waals surface area contributed by atoms with E-state index in [4.69, 9.17) is 10.5 Å². The van der Waals surface area contributed by atoms with Crippen molar-refractivity contribution < 1.29 is 9.53 Å². The van der Waals surface area contributed by atoms with Gasteiger partial charge >= 0.3 is 6.09 Å². The molecule has 0 saturated heterocycles. The molecular formula is C38H47N9O4. The van der Waals surface area contributed by atoms with Crippen LogP contribution >= 0.6 is 0 Å². The highest BCUT2D eigenvalue weighted by molar-refractivity contribution is 5.68. The number of H-pyrrole nitrogens is 2. The van der Waals surface area contributed by atoms with Crippen LogP contribution in [0.5, 0.6) is 0 Å². The average Bonchev–Trinajstić information content (AvgIpc) is 3.77. The molecule has 13 nitrogen and oxygen atoms in total. The second-order valence-electron chi connectivity index (χ2n) is 13.3. The maximum absolute atomic E-state index is 12.6. The van der Waals surface area contributed by atoms with Crippen LogP contribution in [0.3, 0.4) is 0 Å². The van der Waals surface area contributed by atoms with Gasteiger partial charge in [-0.1, -0.05) is 61.9 Å². The van der Waals surface area contributed by atoms with E-state index in [0.29, 0.717) is 42.3 Å². The molecule has 4 heterocycles. The van der Waals surface area contributed by atoms with Gasteiger partial charge in [0.05, 0.1) is 11.1 Å². The van der Waals surface area contributed by atoms with Crippen LogP contribution in [-0.4, -0.2) is 65.0 Å². The number of ether oxygens (including phenoxy) is 1. The average molecular weight is 694 g/mol. The number of hydrogen-bond donors (Lipinski definition) is 4. The smallest absolute Gasteiger partial charge is 0.410 e. The van der Waals surface area contributed by atoms with Crippen molar-refractivity contribution in [2.45, 2.75) is 65.6 Å². The minimum absolute atomic E-state index is 0.132. The van der Waals surface area contributed by atoms with E-state index in [0.717, 1.165) is 49.0 Å². The Morgan fingerprint density at radius 2 is 1.37 bits per heavy atom. The quantitative estimate of drug-likeness (QED) is 0.124. The van der Waals surface area contributed by atoms with Crippen molar-refractivity contribution >= 4 is 17.6 Å². The van der Waals surface area contributed by atoms with Gasteiger partial charge in [-0.15, -0.1) is 0 Å². The Labute approximate surface area is 296 Å². The highest BCUT2D eigenvalue weighted by atomic mass is 16.6. The molecule has 5 N–H and O–H groups in total. The number of fused-ring (bicyclic) bond motifs is 2. The third-order valence-corrected chi connectivity index (χ3v) is 8.04. The first-order valence-electron chi connectivity index (χ1n) is 17.2. The summed E-state index contributed by atoms with van der Waals surface area (Å²) < 4.78 is 9.13. The zero-order chi connectivity index (χ0) is 36.4. The van der Waals surface area contributed by atoms with Gasteiger partial charge in [0.1, 0.15) is 5.60 Å². The fourth-order valence-corrected chi connectivity index (χ4v) is 5.35. The minimum Gasteiger partial charge on any atom is -0.444 e. The first kappa shape index (κ1) is 36.7. The molecule has 0 saturated carbocycles. The maximum Gasteiger partial charge on any atom is 0.410 e. The fourth-order valence-electron chi connectivity index (χ4n) is 5.35. The molecule has 2 aromatic carbocycles. The monoisotopic (exact) mass is 693 g/mol. The van der Waals surface area contributed by atoms with Gasteiger partial charge in [-0.05, 0) is 69.0 Å². The van der Waals surface area contributed by atoms with Crippen molar-refractivity contribution in [3.8, 4) is 22.3 Å². The number of amides is 1. The molecule has 1 amide bonds. The molecule has 0 aliphatic carbocycles. The zero-order valence-corrected chi connectivity index (χ0v) is 29.7. The molecule has 268 valence electrons. The number of benzene rings is 2. The summed E-state index contributed by atoms with van der Waals surface area (Å²) in [5, 5.41) is 3.33. The summed E-state index contributed by atoms with van der Waals surface area (Å²) in [6.45, 7) is 11.2. The molecular weight excluding hydrogens is 646 g/mol. The number of rotatable bonds is 12. The topological polar surface area (TPSA) is 168 Å². The Kier molecular flexibility index (Phi) is 12.2. The van der Waals surface area contributed by atoms with Crippen molar-refractivity contribution in [1.82, 2.24) is 39.0 Å². The second-order valence-corrected chi connectivity index (χ2v) is 13.3. The summed E-state index contributed by atoms with van der Waals surface area (Å²) in [6.07, 6.45) is 13.0. The van der Waals surface area contributed by atoms with Crippen molar-refractivity contribution in [1.29, 1.82) is 0 Å². The van der Waals surface area contributed by atoms with E-state index >= 15 is 0 Å². The van der Waals surface area contributed by atoms with Gasteiger partial charge in [0.15, 0.2) is 0 Å². The first-order valence-corrected chi connectivity index (χ1v) is 17.2. The van der Waals surface area contributed by atoms with Gasteiger partial charge in [-0.3, -0.25) is 28.4 Å². The molecule has 13 heteroatoms. The standard InChI is InChI=1S/C22H28N4O3.C16H19N5O/c1-5-6-12-26(21(28)29-22(2,3)4)14-16-7-9-17(10-8-16)18-15-25-13-11-23-20(25)24-19(18)27;17-6-1-7-18-10-12-2-4-13(5-3-12)14-11-21-9-8-19-16(21)20-15(14)22/h7-11,13,15H,5-6,12,14H2,1-4H3,(H,23,24,27);2-5,8-9,11,18H,1,6-7,10,17H2,(H,19,20,22). The molecule has 0 atom stereocenters. The summed E-state index contributed by atoms with van der Waals surface area (Å²) in [4.78, 5) is 52.5. The summed E-state index contributed by atoms with van der Waals surface area (Å²) in [5.74, 6) is 1.06. The molecule has 0 aliphatic heterocycles. The van der Waals surface area contributed by atoms with Crippen LogP contribution in [0, 0.1) is 0 Å². The predicted molar refractivity (Wildman–Crippen MR) is 199 cm³/mol. The lowest BCUT2D eigenvalue weighted by atomic mass is 10.1. The van der Waals surface area contributed by atoms with Crippen LogP contribution in [0.25, 0.3) is 33.8 Å². The predicted octanol–water partition coefficient (Wildman–Crippen LogP) is 5.35. The van der Waals surface area contributed by atoms with E-state index in [1.165, 1.54) is 5.56 Å². The van der Waals surface area contributed by atoms with Gasteiger partial charge in [-0.2, -0.15) is 0 Å². The van der Waals surface area contributed by atoms with E-state index in [1.807, 2.05) is 75.5 Å². The number of nitrogens with two attached hydrogens (primary N) is 1. The third kappa shape index (κ3) is 10.0. The number of nitrogens with one attached hydrogen (secondary N) is 3. The van der Waals surface area contributed by atoms with Crippen LogP contribution in [0.1, 0.15) is 58.1 Å². The number of hydrogen-bond acceptors (Lipinski definition) is 8. The lowest BCUT2D eigenvalue weighted by Crippen LogP contribution is -2.37. The lowest BCUT2D eigenvalue weighted by molar-refractivity contribution is 0.0231. The summed E-state index contributed by atoms with van der Waals surface area (Å²) in [5.41, 5.74) is 9.67. The molecule has 6 aromatic rings. The summed E-state index contributed by atoms with van der Waals surface area (Å²) in [6, 6.07) is 15.7. The summed E-state index contributed by atoms with van der Waals surface area (Å²) >= 11 is 0. The van der Waals surface area contributed by atoms with Crippen LogP contribution in [0.15, 0.2) is 95.3 Å². The number of unbranched alkanes of at least 4 members (excludes halogenated alkanes) is 1. The Balaban J connectivity index is 0.000000205. The lowest BCUT2D eigenvalue weighted by Gasteiger charge is -2.27. The van der Waals surface area contributed by atoms with Gasteiger partial charge in [-0.25, -0.2) is 14.8 Å². The number of aromatic amines is 2. The number of carbonyl (C=O) groups is 1. The molecule has 0 spiro atoms. The van der Waals surface area contributed by atoms with Gasteiger partial charge in [0.2, 0.25) is 11.6 Å². The molecule has 0 aliphatic rings. The van der Waals surface area contributed by atoms with Gasteiger partial charge in [0.25, 0.3) is 11.1 Å². The summed E-state index contributed by atoms with van der Waals surface area (Å²) in [7, 11) is 0. The van der Waals surface area contributed by atoms with E-state index in [9.17, 15) is 14.4 Å². The molecule has 0 unspecified atom stereocenters. The van der Waals surface area contributed by atoms with Crippen molar-refractivity contribution in [3.63, 3.8) is 0 Å². The van der Waals surface area contributed by atoms with Crippen LogP contribution < -0.4 is 22.2 Å². The number of carbonyl (C=O) groups excluding carboxylic acids is 1. The van der Waals surface area contributed by atoms with Crippen LogP contribution in [-0.2, 0) is 17.8 Å². The molecule has 0 fully saturated rings. The highest BCUT2D eigenvalue weighted by Gasteiger charge is 2.22. The highest BCUT2D eigenvalue weighted by Crippen LogP contribution is 2.19. The maximum atomic E-state index is 12.6. The van der Waals surface area contributed by atoms with E-state index in [2.05, 4.69) is 32.2 Å². The fraction of sp³-hybridized carbons (Fsp3) is 0.342. The van der Waals surface area contributed by atoms with Crippen LogP contribution in [0.4, 0.5) is 4.79 Å². The molecule has 4 aromatic heterocycles. The van der Waals surface area contributed by atoms with Crippen LogP contribution in [0.2, 0.25) is 0 Å². The number of nitrogens with zero attached hydrogens (tertiary/aromatic N) is 5. The Morgan fingerprint density at radius 3 is 1.86 bits per heavy atom. The SMILES string of the molecule is CCCCN(Cc1ccc(-c2cn3ccnc3[nH]c2=O)cc1)C(=O)OC(C)(C)C.NCCCNCc1ccc(-c2cn3ccnc3[nH]c2=O)cc1. The molecule has 0 bridgehead atoms. The van der Waals surface area contributed by atoms with E-state index in [-0.39, 0.29) is 17.2 Å². The van der Waals surface area contributed by atoms with Gasteiger partial charge in [0, 0.05) is 56.8 Å². The van der Waals surface area contributed by atoms with E-state index < -0.39 is 5.60 Å². The Hall–Kier alpha value is -5.53. The third-order valence-electron chi connectivity index (χ3n) is 8.04. The largest absolute Gasteiger partial charge is 0.444 e. The Morgan fingerprint density at radius 1 is 0.843 bits per heavy atom. The molecule has 0 radical (unpaired) electrons. The van der Waals surface area contributed by atoms with Crippen molar-refractivity contribution in [3.05, 3.63) is 118 Å². The minimum atomic E-state index is -0.529. The van der Waals surface area contributed by atoms with Crippen molar-refractivity contribution in [2.24, 2.45) is 5.73 Å². The first-order chi connectivity index (χ1) is 24.5. The Bertz CT molecular complexity index is 2140. The number of imidazole rings is 2. The second kappa shape index (κ2) is 16.9. The normalized spacial score (nSPS) is 11.4. The number of aromatic nitrogens is 6. The molecule has 51 heavy (non-hydrogen) atoms. The van der Waals surface area contributed by atoms with E-state index in [1.54, 1.807) is 44.7 Å². The van der Waals surface area contributed by atoms with Gasteiger partial charge < -0.3 is 20.7 Å². The van der Waals surface area contributed by atoms with Crippen molar-refractivity contribution in [2.75, 3.05) is 19.6 Å².